The Hall–Kier alpha value is -0.570. The predicted octanol–water partition coefficient (Wildman–Crippen LogP) is 0.869. The summed E-state index contributed by atoms with van der Waals surface area (Å²) in [6.45, 7) is 2.04. The summed E-state index contributed by atoms with van der Waals surface area (Å²) in [6, 6.07) is 0. The van der Waals surface area contributed by atoms with Crippen molar-refractivity contribution >= 4 is 5.97 Å². The Morgan fingerprint density at radius 2 is 2.18 bits per heavy atom. The molecule has 0 N–H and O–H groups in total. The molecular formula is C8H12O3. The van der Waals surface area contributed by atoms with Crippen molar-refractivity contribution in [2.75, 3.05) is 0 Å². The van der Waals surface area contributed by atoms with Crippen LogP contribution in [0.3, 0.4) is 0 Å². The van der Waals surface area contributed by atoms with Crippen molar-refractivity contribution in [1.29, 1.82) is 0 Å². The number of fused-ring (bicyclic) bond motifs is 1. The van der Waals surface area contributed by atoms with Crippen LogP contribution in [-0.4, -0.2) is 24.3 Å². The molecule has 2 aliphatic heterocycles. The molecule has 2 saturated heterocycles. The summed E-state index contributed by atoms with van der Waals surface area (Å²) in [5.41, 5.74) is 0. The van der Waals surface area contributed by atoms with E-state index in [1.165, 1.54) is 0 Å². The van der Waals surface area contributed by atoms with Crippen molar-refractivity contribution < 1.29 is 14.3 Å². The molecule has 0 aromatic rings. The van der Waals surface area contributed by atoms with E-state index in [4.69, 9.17) is 9.47 Å². The zero-order chi connectivity index (χ0) is 7.84. The van der Waals surface area contributed by atoms with Gasteiger partial charge in [-0.25, -0.2) is 0 Å². The molecule has 0 aromatic heterocycles. The highest BCUT2D eigenvalue weighted by Crippen LogP contribution is 2.29. The fourth-order valence-electron chi connectivity index (χ4n) is 1.73. The number of esters is 1. The van der Waals surface area contributed by atoms with Crippen LogP contribution in [0.2, 0.25) is 0 Å². The fraction of sp³-hybridized carbons (Fsp3) is 0.875. The highest BCUT2D eigenvalue weighted by molar-refractivity contribution is 5.72. The lowest BCUT2D eigenvalue weighted by Gasteiger charge is -2.28. The molecule has 0 saturated carbocycles. The summed E-state index contributed by atoms with van der Waals surface area (Å²) in [5, 5.41) is 0. The van der Waals surface area contributed by atoms with Crippen LogP contribution in [0.4, 0.5) is 0 Å². The third-order valence-electron chi connectivity index (χ3n) is 2.33. The first-order valence-corrected chi connectivity index (χ1v) is 4.10. The Bertz CT molecular complexity index is 178. The van der Waals surface area contributed by atoms with Gasteiger partial charge in [0.1, 0.15) is 12.2 Å². The van der Waals surface area contributed by atoms with E-state index in [9.17, 15) is 4.79 Å². The molecule has 2 fully saturated rings. The van der Waals surface area contributed by atoms with Crippen LogP contribution in [0.25, 0.3) is 0 Å². The second-order valence-corrected chi connectivity index (χ2v) is 3.29. The number of ether oxygens (including phenoxy) is 2. The van der Waals surface area contributed by atoms with Gasteiger partial charge in [-0.05, 0) is 19.8 Å². The molecule has 2 rings (SSSR count). The summed E-state index contributed by atoms with van der Waals surface area (Å²) in [4.78, 5) is 10.8. The van der Waals surface area contributed by atoms with Gasteiger partial charge in [-0.3, -0.25) is 4.79 Å². The number of hydrogen-bond acceptors (Lipinski definition) is 3. The minimum Gasteiger partial charge on any atom is -0.460 e. The zero-order valence-electron chi connectivity index (χ0n) is 6.58. The van der Waals surface area contributed by atoms with Gasteiger partial charge in [0, 0.05) is 0 Å². The first-order chi connectivity index (χ1) is 5.25. The van der Waals surface area contributed by atoms with E-state index in [1.54, 1.807) is 0 Å². The molecule has 0 amide bonds. The number of rotatable bonds is 0. The minimum atomic E-state index is -0.103. The summed E-state index contributed by atoms with van der Waals surface area (Å²) < 4.78 is 10.6. The number of carbonyl (C=O) groups is 1. The number of hydrogen-bond donors (Lipinski definition) is 0. The highest BCUT2D eigenvalue weighted by Gasteiger charge is 2.39. The van der Waals surface area contributed by atoms with Crippen LogP contribution in [0.15, 0.2) is 0 Å². The van der Waals surface area contributed by atoms with Crippen molar-refractivity contribution in [3.05, 3.63) is 0 Å². The third-order valence-corrected chi connectivity index (χ3v) is 2.33. The standard InChI is InChI=1S/C8H12O3/c1-5-2-3-6-7(10-5)4-8(9)11-6/h5-7H,2-4H2,1H3/t5-,6-,7-/m1/s1. The van der Waals surface area contributed by atoms with Gasteiger partial charge in [0.15, 0.2) is 0 Å². The van der Waals surface area contributed by atoms with Crippen molar-refractivity contribution in [1.82, 2.24) is 0 Å². The Morgan fingerprint density at radius 1 is 1.36 bits per heavy atom. The SMILES string of the molecule is C[C@@H]1CC[C@H]2OC(=O)C[C@H]2O1. The van der Waals surface area contributed by atoms with E-state index in [-0.39, 0.29) is 18.2 Å². The molecule has 0 bridgehead atoms. The molecule has 11 heavy (non-hydrogen) atoms. The second-order valence-electron chi connectivity index (χ2n) is 3.29. The van der Waals surface area contributed by atoms with Crippen LogP contribution in [0.1, 0.15) is 26.2 Å². The van der Waals surface area contributed by atoms with Crippen molar-refractivity contribution in [3.63, 3.8) is 0 Å². The van der Waals surface area contributed by atoms with Crippen LogP contribution in [0, 0.1) is 0 Å². The Morgan fingerprint density at radius 3 is 3.00 bits per heavy atom. The van der Waals surface area contributed by atoms with Crippen LogP contribution < -0.4 is 0 Å². The van der Waals surface area contributed by atoms with Crippen molar-refractivity contribution in [2.24, 2.45) is 0 Å². The topological polar surface area (TPSA) is 35.5 Å². The zero-order valence-corrected chi connectivity index (χ0v) is 6.58. The molecule has 0 unspecified atom stereocenters. The van der Waals surface area contributed by atoms with Crippen molar-refractivity contribution in [2.45, 2.75) is 44.5 Å². The second kappa shape index (κ2) is 2.48. The van der Waals surface area contributed by atoms with E-state index in [2.05, 4.69) is 0 Å². The maximum atomic E-state index is 10.8. The lowest BCUT2D eigenvalue weighted by Crippen LogP contribution is -2.34. The Balaban J connectivity index is 2.02. The largest absolute Gasteiger partial charge is 0.460 e. The lowest BCUT2D eigenvalue weighted by atomic mass is 10.0. The quantitative estimate of drug-likeness (QED) is 0.488. The van der Waals surface area contributed by atoms with E-state index in [1.807, 2.05) is 6.92 Å². The normalized spacial score (nSPS) is 43.4. The summed E-state index contributed by atoms with van der Waals surface area (Å²) in [7, 11) is 0. The van der Waals surface area contributed by atoms with E-state index >= 15 is 0 Å². The van der Waals surface area contributed by atoms with Gasteiger partial charge in [0.2, 0.25) is 0 Å². The molecule has 0 spiro atoms. The van der Waals surface area contributed by atoms with Gasteiger partial charge in [0.25, 0.3) is 0 Å². The molecule has 0 radical (unpaired) electrons. The summed E-state index contributed by atoms with van der Waals surface area (Å²) >= 11 is 0. The van der Waals surface area contributed by atoms with Crippen LogP contribution >= 0.6 is 0 Å². The average Bonchev–Trinajstić information content (AvgIpc) is 2.27. The fourth-order valence-corrected chi connectivity index (χ4v) is 1.73. The predicted molar refractivity (Wildman–Crippen MR) is 38.1 cm³/mol. The van der Waals surface area contributed by atoms with Gasteiger partial charge in [-0.15, -0.1) is 0 Å². The van der Waals surface area contributed by atoms with E-state index in [0.717, 1.165) is 12.8 Å². The Kier molecular flexibility index (Phi) is 1.60. The molecule has 3 nitrogen and oxygen atoms in total. The first kappa shape index (κ1) is 7.10. The molecule has 0 aromatic carbocycles. The lowest BCUT2D eigenvalue weighted by molar-refractivity contribution is -0.144. The molecule has 3 heteroatoms. The maximum Gasteiger partial charge on any atom is 0.308 e. The molecule has 3 atom stereocenters. The Labute approximate surface area is 65.7 Å². The average molecular weight is 156 g/mol. The summed E-state index contributed by atoms with van der Waals surface area (Å²) in [6.07, 6.45) is 2.83. The molecule has 62 valence electrons. The number of carbonyl (C=O) groups excluding carboxylic acids is 1. The van der Waals surface area contributed by atoms with Gasteiger partial charge in [-0.1, -0.05) is 0 Å². The van der Waals surface area contributed by atoms with Crippen LogP contribution in [-0.2, 0) is 14.3 Å². The third kappa shape index (κ3) is 1.25. The first-order valence-electron chi connectivity index (χ1n) is 4.10. The summed E-state index contributed by atoms with van der Waals surface area (Å²) in [5.74, 6) is -0.103. The smallest absolute Gasteiger partial charge is 0.308 e. The van der Waals surface area contributed by atoms with Gasteiger partial charge >= 0.3 is 5.97 Å². The van der Waals surface area contributed by atoms with Gasteiger partial charge < -0.3 is 9.47 Å². The molecule has 2 aliphatic rings. The molecule has 2 heterocycles. The molecule has 0 aliphatic carbocycles. The monoisotopic (exact) mass is 156 g/mol. The maximum absolute atomic E-state index is 10.8. The van der Waals surface area contributed by atoms with E-state index in [0.29, 0.717) is 12.5 Å². The van der Waals surface area contributed by atoms with Gasteiger partial charge in [-0.2, -0.15) is 0 Å². The highest BCUT2D eigenvalue weighted by atomic mass is 16.6. The van der Waals surface area contributed by atoms with Gasteiger partial charge in [0.05, 0.1) is 12.5 Å². The minimum absolute atomic E-state index is 0.0475. The van der Waals surface area contributed by atoms with Crippen molar-refractivity contribution in [3.8, 4) is 0 Å². The molecular weight excluding hydrogens is 144 g/mol. The van der Waals surface area contributed by atoms with Crippen LogP contribution in [0.5, 0.6) is 0 Å². The van der Waals surface area contributed by atoms with E-state index < -0.39 is 0 Å².